The van der Waals surface area contributed by atoms with Crippen LogP contribution in [0.3, 0.4) is 0 Å². The van der Waals surface area contributed by atoms with E-state index in [1.165, 1.54) is 0 Å². The van der Waals surface area contributed by atoms with Gasteiger partial charge in [-0.3, -0.25) is 0 Å². The van der Waals surface area contributed by atoms with Crippen LogP contribution in [-0.4, -0.2) is 15.2 Å². The molecule has 0 bridgehead atoms. The van der Waals surface area contributed by atoms with Gasteiger partial charge in [0.2, 0.25) is 5.82 Å². The zero-order valence-corrected chi connectivity index (χ0v) is 12.0. The van der Waals surface area contributed by atoms with Crippen LogP contribution in [0.15, 0.2) is 39.5 Å². The van der Waals surface area contributed by atoms with Gasteiger partial charge in [-0.2, -0.15) is 16.3 Å². The van der Waals surface area contributed by atoms with Crippen molar-refractivity contribution in [2.75, 3.05) is 0 Å². The number of benzene rings is 1. The molecule has 0 saturated heterocycles. The molecule has 1 N–H and O–H groups in total. The molecule has 90 valence electrons. The Kier molecular flexibility index (Phi) is 3.04. The SMILES string of the molecule is Oc1cc(-c2nc(-c3ccsc3)no2)ccc1I. The predicted molar refractivity (Wildman–Crippen MR) is 77.4 cm³/mol. The first-order valence-electron chi connectivity index (χ1n) is 5.09. The predicted octanol–water partition coefficient (Wildman–Crippen LogP) is 3.78. The van der Waals surface area contributed by atoms with Gasteiger partial charge in [-0.15, -0.1) is 0 Å². The average molecular weight is 370 g/mol. The molecule has 3 aromatic rings. The first-order valence-corrected chi connectivity index (χ1v) is 7.11. The van der Waals surface area contributed by atoms with Crippen molar-refractivity contribution < 1.29 is 9.63 Å². The molecular formula is C12H7IN2O2S. The summed E-state index contributed by atoms with van der Waals surface area (Å²) in [4.78, 5) is 4.31. The molecule has 0 amide bonds. The van der Waals surface area contributed by atoms with E-state index < -0.39 is 0 Å². The first kappa shape index (κ1) is 11.7. The second-order valence-electron chi connectivity index (χ2n) is 3.60. The van der Waals surface area contributed by atoms with E-state index in [0.717, 1.165) is 9.13 Å². The summed E-state index contributed by atoms with van der Waals surface area (Å²) in [6.07, 6.45) is 0. The van der Waals surface area contributed by atoms with E-state index in [9.17, 15) is 5.11 Å². The second kappa shape index (κ2) is 4.69. The highest BCUT2D eigenvalue weighted by molar-refractivity contribution is 14.1. The van der Waals surface area contributed by atoms with Gasteiger partial charge in [-0.1, -0.05) is 5.16 Å². The number of phenolic OH excluding ortho intramolecular Hbond substituents is 1. The number of thiophene rings is 1. The molecule has 0 saturated carbocycles. The molecule has 0 spiro atoms. The number of phenols is 1. The molecule has 2 heterocycles. The Labute approximate surface area is 120 Å². The zero-order valence-electron chi connectivity index (χ0n) is 9.00. The summed E-state index contributed by atoms with van der Waals surface area (Å²) in [5.41, 5.74) is 1.65. The fourth-order valence-corrected chi connectivity index (χ4v) is 2.47. The van der Waals surface area contributed by atoms with E-state index in [2.05, 4.69) is 32.7 Å². The van der Waals surface area contributed by atoms with Gasteiger partial charge in [0.1, 0.15) is 5.75 Å². The van der Waals surface area contributed by atoms with Crippen LogP contribution in [-0.2, 0) is 0 Å². The Hall–Kier alpha value is -1.41. The molecule has 4 nitrogen and oxygen atoms in total. The first-order chi connectivity index (χ1) is 8.74. The molecule has 0 aliphatic carbocycles. The molecule has 2 aromatic heterocycles. The normalized spacial score (nSPS) is 10.7. The topological polar surface area (TPSA) is 59.2 Å². The highest BCUT2D eigenvalue weighted by Crippen LogP contribution is 2.28. The summed E-state index contributed by atoms with van der Waals surface area (Å²) in [6.45, 7) is 0. The third kappa shape index (κ3) is 2.13. The van der Waals surface area contributed by atoms with Gasteiger partial charge >= 0.3 is 0 Å². The minimum Gasteiger partial charge on any atom is -0.507 e. The van der Waals surface area contributed by atoms with Crippen molar-refractivity contribution in [1.82, 2.24) is 10.1 Å². The lowest BCUT2D eigenvalue weighted by atomic mass is 10.2. The fourth-order valence-electron chi connectivity index (χ4n) is 1.50. The lowest BCUT2D eigenvalue weighted by Gasteiger charge is -1.98. The third-order valence-corrected chi connectivity index (χ3v) is 3.99. The Morgan fingerprint density at radius 2 is 2.11 bits per heavy atom. The van der Waals surface area contributed by atoms with Crippen molar-refractivity contribution in [3.63, 3.8) is 0 Å². The van der Waals surface area contributed by atoms with Crippen molar-refractivity contribution >= 4 is 33.9 Å². The van der Waals surface area contributed by atoms with Crippen molar-refractivity contribution in [1.29, 1.82) is 0 Å². The molecule has 0 aliphatic heterocycles. The van der Waals surface area contributed by atoms with Crippen LogP contribution in [0, 0.1) is 3.57 Å². The van der Waals surface area contributed by atoms with Crippen LogP contribution >= 0.6 is 33.9 Å². The van der Waals surface area contributed by atoms with Crippen molar-refractivity contribution in [2.24, 2.45) is 0 Å². The van der Waals surface area contributed by atoms with Crippen LogP contribution < -0.4 is 0 Å². The monoisotopic (exact) mass is 370 g/mol. The van der Waals surface area contributed by atoms with Gasteiger partial charge in [-0.25, -0.2) is 0 Å². The maximum absolute atomic E-state index is 9.66. The minimum absolute atomic E-state index is 0.211. The number of rotatable bonds is 2. The van der Waals surface area contributed by atoms with E-state index in [4.69, 9.17) is 4.52 Å². The van der Waals surface area contributed by atoms with Crippen LogP contribution in [0.1, 0.15) is 0 Å². The van der Waals surface area contributed by atoms with E-state index in [0.29, 0.717) is 17.3 Å². The highest BCUT2D eigenvalue weighted by atomic mass is 127. The molecule has 0 aliphatic rings. The summed E-state index contributed by atoms with van der Waals surface area (Å²) in [5.74, 6) is 1.18. The molecular weight excluding hydrogens is 363 g/mol. The standard InChI is InChI=1S/C12H7IN2O2S/c13-9-2-1-7(5-10(9)16)12-14-11(15-17-12)8-3-4-18-6-8/h1-6,16H. The van der Waals surface area contributed by atoms with E-state index in [-0.39, 0.29) is 5.75 Å². The maximum Gasteiger partial charge on any atom is 0.258 e. The quantitative estimate of drug-likeness (QED) is 0.698. The highest BCUT2D eigenvalue weighted by Gasteiger charge is 2.12. The van der Waals surface area contributed by atoms with E-state index in [1.54, 1.807) is 23.5 Å². The van der Waals surface area contributed by atoms with Gasteiger partial charge in [0.25, 0.3) is 5.89 Å². The smallest absolute Gasteiger partial charge is 0.258 e. The number of halogens is 1. The molecule has 3 rings (SSSR count). The lowest BCUT2D eigenvalue weighted by molar-refractivity contribution is 0.431. The summed E-state index contributed by atoms with van der Waals surface area (Å²) >= 11 is 3.64. The number of hydrogen-bond donors (Lipinski definition) is 1. The number of aromatic nitrogens is 2. The second-order valence-corrected chi connectivity index (χ2v) is 5.54. The van der Waals surface area contributed by atoms with Crippen LogP contribution in [0.25, 0.3) is 22.8 Å². The molecule has 0 unspecified atom stereocenters. The molecule has 18 heavy (non-hydrogen) atoms. The third-order valence-electron chi connectivity index (χ3n) is 2.40. The number of nitrogens with zero attached hydrogens (tertiary/aromatic N) is 2. The zero-order chi connectivity index (χ0) is 12.5. The fraction of sp³-hybridized carbons (Fsp3) is 0. The summed E-state index contributed by atoms with van der Waals surface area (Å²) < 4.78 is 5.99. The summed E-state index contributed by atoms with van der Waals surface area (Å²) in [5, 5.41) is 17.5. The van der Waals surface area contributed by atoms with Gasteiger partial charge in [0.05, 0.1) is 3.57 Å². The molecule has 6 heteroatoms. The van der Waals surface area contributed by atoms with Crippen molar-refractivity contribution in [3.8, 4) is 28.6 Å². The molecule has 0 radical (unpaired) electrons. The summed E-state index contributed by atoms with van der Waals surface area (Å²) in [7, 11) is 0. The number of hydrogen-bond acceptors (Lipinski definition) is 5. The van der Waals surface area contributed by atoms with Gasteiger partial charge in [-0.05, 0) is 52.2 Å². The maximum atomic E-state index is 9.66. The van der Waals surface area contributed by atoms with Crippen molar-refractivity contribution in [3.05, 3.63) is 38.6 Å². The van der Waals surface area contributed by atoms with Crippen LogP contribution in [0.4, 0.5) is 0 Å². The van der Waals surface area contributed by atoms with Crippen LogP contribution in [0.2, 0.25) is 0 Å². The summed E-state index contributed by atoms with van der Waals surface area (Å²) in [6, 6.07) is 7.20. The van der Waals surface area contributed by atoms with E-state index >= 15 is 0 Å². The molecule has 1 aromatic carbocycles. The molecule has 0 fully saturated rings. The minimum atomic E-state index is 0.211. The molecule has 0 atom stereocenters. The lowest BCUT2D eigenvalue weighted by Crippen LogP contribution is -1.80. The Bertz CT molecular complexity index is 679. The average Bonchev–Trinajstić information content (AvgIpc) is 3.01. The van der Waals surface area contributed by atoms with Gasteiger partial charge in [0.15, 0.2) is 0 Å². The number of aromatic hydroxyl groups is 1. The van der Waals surface area contributed by atoms with Gasteiger partial charge < -0.3 is 9.63 Å². The van der Waals surface area contributed by atoms with Gasteiger partial charge in [0, 0.05) is 16.5 Å². The van der Waals surface area contributed by atoms with E-state index in [1.807, 2.05) is 22.9 Å². The van der Waals surface area contributed by atoms with Crippen molar-refractivity contribution in [2.45, 2.75) is 0 Å². The largest absolute Gasteiger partial charge is 0.507 e. The Morgan fingerprint density at radius 1 is 1.22 bits per heavy atom. The van der Waals surface area contributed by atoms with Crippen LogP contribution in [0.5, 0.6) is 5.75 Å². The Morgan fingerprint density at radius 3 is 2.83 bits per heavy atom. The Balaban J connectivity index is 2.00.